The molecule has 0 radical (unpaired) electrons. The quantitative estimate of drug-likeness (QED) is 0.672. The molecule has 3 aromatic rings. The Bertz CT molecular complexity index is 812. The van der Waals surface area contributed by atoms with E-state index in [2.05, 4.69) is 17.1 Å². The van der Waals surface area contributed by atoms with Gasteiger partial charge in [0.2, 0.25) is 0 Å². The molecule has 0 spiro atoms. The number of hydrogen-bond donors (Lipinski definition) is 0. The van der Waals surface area contributed by atoms with E-state index in [1.165, 1.54) is 0 Å². The van der Waals surface area contributed by atoms with Crippen molar-refractivity contribution in [2.75, 3.05) is 0 Å². The summed E-state index contributed by atoms with van der Waals surface area (Å²) in [4.78, 5) is 4.36. The number of imidazole rings is 1. The summed E-state index contributed by atoms with van der Waals surface area (Å²) < 4.78 is 1.97. The van der Waals surface area contributed by atoms with Crippen LogP contribution in [0.5, 0.6) is 0 Å². The number of hydrogen-bond acceptors (Lipinski definition) is 2. The van der Waals surface area contributed by atoms with Crippen molar-refractivity contribution in [2.24, 2.45) is 0 Å². The number of aryl methyl sites for hydroxylation is 1. The van der Waals surface area contributed by atoms with Gasteiger partial charge in [0.25, 0.3) is 0 Å². The van der Waals surface area contributed by atoms with E-state index in [1.807, 2.05) is 35.9 Å². The number of benzene rings is 1. The van der Waals surface area contributed by atoms with E-state index in [9.17, 15) is 0 Å². The normalized spacial score (nSPS) is 10.6. The van der Waals surface area contributed by atoms with Crippen molar-refractivity contribution in [3.63, 3.8) is 0 Å². The fourth-order valence-electron chi connectivity index (χ4n) is 2.20. The van der Waals surface area contributed by atoms with Crippen LogP contribution in [0.4, 0.5) is 0 Å². The Morgan fingerprint density at radius 2 is 2.11 bits per heavy atom. The van der Waals surface area contributed by atoms with Crippen molar-refractivity contribution in [3.05, 3.63) is 59.0 Å². The summed E-state index contributed by atoms with van der Waals surface area (Å²) in [6.07, 6.45) is 5.68. The zero-order valence-electron chi connectivity index (χ0n) is 10.3. The predicted molar refractivity (Wildman–Crippen MR) is 75.1 cm³/mol. The first kappa shape index (κ1) is 11.8. The van der Waals surface area contributed by atoms with Crippen LogP contribution in [0.25, 0.3) is 16.8 Å². The Morgan fingerprint density at radius 3 is 2.89 bits per heavy atom. The lowest BCUT2D eigenvalue weighted by molar-refractivity contribution is 1.16. The summed E-state index contributed by atoms with van der Waals surface area (Å²) in [6.45, 7) is 2.03. The molecule has 0 aliphatic rings. The Kier molecular flexibility index (Phi) is 2.73. The second-order valence-corrected chi connectivity index (χ2v) is 4.87. The van der Waals surface area contributed by atoms with Gasteiger partial charge in [-0.25, -0.2) is 4.98 Å². The van der Waals surface area contributed by atoms with Gasteiger partial charge >= 0.3 is 0 Å². The number of fused-ring (bicyclic) bond motifs is 1. The van der Waals surface area contributed by atoms with Gasteiger partial charge in [-0.1, -0.05) is 11.6 Å². The average molecular weight is 268 g/mol. The van der Waals surface area contributed by atoms with E-state index >= 15 is 0 Å². The number of halogens is 1. The van der Waals surface area contributed by atoms with Crippen LogP contribution >= 0.6 is 11.6 Å². The van der Waals surface area contributed by atoms with Crippen molar-refractivity contribution in [1.29, 1.82) is 5.26 Å². The fourth-order valence-corrected chi connectivity index (χ4v) is 2.43. The van der Waals surface area contributed by atoms with Crippen LogP contribution in [-0.4, -0.2) is 9.38 Å². The first-order chi connectivity index (χ1) is 9.17. The molecule has 0 saturated heterocycles. The molecule has 4 heteroatoms. The van der Waals surface area contributed by atoms with Gasteiger partial charge in [-0.05, 0) is 42.3 Å². The van der Waals surface area contributed by atoms with E-state index in [-0.39, 0.29) is 0 Å². The number of aromatic nitrogens is 2. The second kappa shape index (κ2) is 4.42. The minimum atomic E-state index is 0.550. The van der Waals surface area contributed by atoms with Crippen LogP contribution in [0.2, 0.25) is 5.02 Å². The summed E-state index contributed by atoms with van der Waals surface area (Å²) >= 11 is 6.07. The number of nitriles is 1. The third-order valence-corrected chi connectivity index (χ3v) is 3.18. The molecule has 0 aliphatic heterocycles. The highest BCUT2D eigenvalue weighted by atomic mass is 35.5. The summed E-state index contributed by atoms with van der Waals surface area (Å²) in [7, 11) is 0. The molecule has 3 nitrogen and oxygen atoms in total. The second-order valence-electron chi connectivity index (χ2n) is 4.43. The monoisotopic (exact) mass is 267 g/mol. The molecule has 92 valence electrons. The van der Waals surface area contributed by atoms with E-state index in [1.54, 1.807) is 12.3 Å². The number of rotatable bonds is 1. The summed E-state index contributed by atoms with van der Waals surface area (Å²) in [6, 6.07) is 9.51. The first-order valence-corrected chi connectivity index (χ1v) is 6.19. The van der Waals surface area contributed by atoms with Crippen molar-refractivity contribution in [1.82, 2.24) is 9.38 Å². The van der Waals surface area contributed by atoms with Gasteiger partial charge in [0.1, 0.15) is 5.65 Å². The van der Waals surface area contributed by atoms with E-state index < -0.39 is 0 Å². The van der Waals surface area contributed by atoms with Crippen molar-refractivity contribution < 1.29 is 0 Å². The number of pyridine rings is 1. The molecule has 0 aliphatic carbocycles. The third-order valence-electron chi connectivity index (χ3n) is 2.96. The van der Waals surface area contributed by atoms with Crippen LogP contribution in [0, 0.1) is 18.3 Å². The lowest BCUT2D eigenvalue weighted by atomic mass is 10.0. The Balaban J connectivity index is 2.33. The SMILES string of the molecule is Cc1cc(-c2cc(Cl)cc(C#N)c2)c2nccn2c1. The van der Waals surface area contributed by atoms with Gasteiger partial charge in [0.15, 0.2) is 0 Å². The lowest BCUT2D eigenvalue weighted by Gasteiger charge is -2.07. The summed E-state index contributed by atoms with van der Waals surface area (Å²) in [5.41, 5.74) is 4.41. The lowest BCUT2D eigenvalue weighted by Crippen LogP contribution is -1.91. The maximum atomic E-state index is 9.03. The van der Waals surface area contributed by atoms with Crippen LogP contribution in [0.3, 0.4) is 0 Å². The maximum Gasteiger partial charge on any atom is 0.144 e. The summed E-state index contributed by atoms with van der Waals surface area (Å²) in [5.74, 6) is 0. The molecule has 2 aromatic heterocycles. The van der Waals surface area contributed by atoms with Crippen LogP contribution in [-0.2, 0) is 0 Å². The molecule has 0 N–H and O–H groups in total. The first-order valence-electron chi connectivity index (χ1n) is 5.82. The molecule has 0 unspecified atom stereocenters. The Labute approximate surface area is 115 Å². The standard InChI is InChI=1S/C15H10ClN3/c1-10-4-14(15-18-2-3-19(15)9-10)12-5-11(8-17)6-13(16)7-12/h2-7,9H,1H3. The van der Waals surface area contributed by atoms with Crippen molar-refractivity contribution in [3.8, 4) is 17.2 Å². The fraction of sp³-hybridized carbons (Fsp3) is 0.0667. The smallest absolute Gasteiger partial charge is 0.144 e. The molecule has 19 heavy (non-hydrogen) atoms. The predicted octanol–water partition coefficient (Wildman–Crippen LogP) is 3.83. The van der Waals surface area contributed by atoms with Gasteiger partial charge in [0, 0.05) is 29.2 Å². The minimum Gasteiger partial charge on any atom is -0.306 e. The molecule has 0 bridgehead atoms. The molecule has 0 saturated carbocycles. The van der Waals surface area contributed by atoms with E-state index in [0.717, 1.165) is 22.3 Å². The molecule has 2 heterocycles. The average Bonchev–Trinajstić information content (AvgIpc) is 2.84. The summed E-state index contributed by atoms with van der Waals surface area (Å²) in [5, 5.41) is 9.59. The highest BCUT2D eigenvalue weighted by molar-refractivity contribution is 6.31. The molecular weight excluding hydrogens is 258 g/mol. The number of nitrogens with zero attached hydrogens (tertiary/aromatic N) is 3. The largest absolute Gasteiger partial charge is 0.306 e. The molecule has 0 amide bonds. The maximum absolute atomic E-state index is 9.03. The Hall–Kier alpha value is -2.31. The van der Waals surface area contributed by atoms with Crippen LogP contribution in [0.1, 0.15) is 11.1 Å². The van der Waals surface area contributed by atoms with E-state index in [0.29, 0.717) is 10.6 Å². The highest BCUT2D eigenvalue weighted by Gasteiger charge is 2.08. The minimum absolute atomic E-state index is 0.550. The van der Waals surface area contributed by atoms with Crippen molar-refractivity contribution in [2.45, 2.75) is 6.92 Å². The van der Waals surface area contributed by atoms with Crippen LogP contribution < -0.4 is 0 Å². The molecule has 1 aromatic carbocycles. The third kappa shape index (κ3) is 2.07. The van der Waals surface area contributed by atoms with Gasteiger partial charge in [-0.15, -0.1) is 0 Å². The van der Waals surface area contributed by atoms with Gasteiger partial charge in [0.05, 0.1) is 11.6 Å². The van der Waals surface area contributed by atoms with Gasteiger partial charge < -0.3 is 4.40 Å². The van der Waals surface area contributed by atoms with Crippen molar-refractivity contribution >= 4 is 17.2 Å². The molecule has 3 rings (SSSR count). The topological polar surface area (TPSA) is 41.1 Å². The highest BCUT2D eigenvalue weighted by Crippen LogP contribution is 2.28. The van der Waals surface area contributed by atoms with Gasteiger partial charge in [-0.2, -0.15) is 5.26 Å². The van der Waals surface area contributed by atoms with Gasteiger partial charge in [-0.3, -0.25) is 0 Å². The molecule has 0 fully saturated rings. The van der Waals surface area contributed by atoms with Crippen LogP contribution in [0.15, 0.2) is 42.9 Å². The zero-order valence-corrected chi connectivity index (χ0v) is 11.0. The van der Waals surface area contributed by atoms with E-state index in [4.69, 9.17) is 16.9 Å². The molecule has 0 atom stereocenters. The zero-order chi connectivity index (χ0) is 13.4. The Morgan fingerprint density at radius 1 is 1.26 bits per heavy atom. The molecular formula is C15H10ClN3.